The van der Waals surface area contributed by atoms with Crippen molar-refractivity contribution in [1.29, 1.82) is 0 Å². The lowest BCUT2D eigenvalue weighted by Gasteiger charge is -2.27. The quantitative estimate of drug-likeness (QED) is 0.459. The molecule has 3 N–H and O–H groups in total. The normalized spacial score (nSPS) is 19.2. The molecule has 2 atom stereocenters. The number of amides is 4. The Morgan fingerprint density at radius 1 is 1.24 bits per heavy atom. The molecule has 0 fully saturated rings. The minimum atomic E-state index is -1.13. The summed E-state index contributed by atoms with van der Waals surface area (Å²) in [6.45, 7) is 6.68. The largest absolute Gasteiger partial charge is 0.491 e. The lowest BCUT2D eigenvalue weighted by Crippen LogP contribution is -2.53. The number of ether oxygens (including phenoxy) is 1. The third-order valence-electron chi connectivity index (χ3n) is 6.08. The van der Waals surface area contributed by atoms with Crippen molar-refractivity contribution >= 4 is 35.0 Å². The van der Waals surface area contributed by atoms with Gasteiger partial charge in [0.1, 0.15) is 24.4 Å². The molecule has 1 aliphatic heterocycles. The molecule has 10 nitrogen and oxygen atoms in total. The van der Waals surface area contributed by atoms with Crippen molar-refractivity contribution in [3.8, 4) is 5.75 Å². The SMILES string of the molecule is Cc1csc(CCCNC(=O)[C@@H]2CC(=O)N[C@@H](CC(C)C)C(=O)N(C)CCOc3ccccc3C(=O)N2)n1. The third-order valence-corrected chi connectivity index (χ3v) is 7.10. The van der Waals surface area contributed by atoms with Crippen LogP contribution in [0.1, 0.15) is 54.2 Å². The molecule has 2 heterocycles. The predicted octanol–water partition coefficient (Wildman–Crippen LogP) is 2.07. The van der Waals surface area contributed by atoms with Crippen LogP contribution in [0.15, 0.2) is 29.6 Å². The average Bonchev–Trinajstić information content (AvgIpc) is 3.29. The lowest BCUT2D eigenvalue weighted by molar-refractivity contribution is -0.136. The van der Waals surface area contributed by atoms with E-state index in [1.54, 1.807) is 42.6 Å². The molecule has 2 aromatic rings. The van der Waals surface area contributed by atoms with Crippen molar-refractivity contribution in [3.63, 3.8) is 0 Å². The van der Waals surface area contributed by atoms with Crippen LogP contribution in [-0.2, 0) is 20.8 Å². The summed E-state index contributed by atoms with van der Waals surface area (Å²) in [5.41, 5.74) is 1.21. The van der Waals surface area contributed by atoms with E-state index in [1.807, 2.05) is 26.2 Å². The molecular formula is C27H37N5O5S. The van der Waals surface area contributed by atoms with E-state index in [4.69, 9.17) is 4.74 Å². The van der Waals surface area contributed by atoms with Crippen molar-refractivity contribution in [2.24, 2.45) is 5.92 Å². The molecule has 0 unspecified atom stereocenters. The van der Waals surface area contributed by atoms with E-state index in [1.165, 1.54) is 4.90 Å². The summed E-state index contributed by atoms with van der Waals surface area (Å²) in [5, 5.41) is 11.3. The number of aromatic nitrogens is 1. The molecule has 0 bridgehead atoms. The summed E-state index contributed by atoms with van der Waals surface area (Å²) in [6, 6.07) is 4.81. The van der Waals surface area contributed by atoms with Gasteiger partial charge in [0.15, 0.2) is 0 Å². The minimum Gasteiger partial charge on any atom is -0.491 e. The first-order valence-electron chi connectivity index (χ1n) is 12.9. The van der Waals surface area contributed by atoms with Crippen LogP contribution in [0, 0.1) is 12.8 Å². The number of hydrogen-bond donors (Lipinski definition) is 3. The van der Waals surface area contributed by atoms with Crippen LogP contribution in [0.4, 0.5) is 0 Å². The molecule has 0 saturated carbocycles. The Morgan fingerprint density at radius 2 is 2.00 bits per heavy atom. The number of fused-ring (bicyclic) bond motifs is 1. The number of aryl methyl sites for hydroxylation is 2. The molecule has 11 heteroatoms. The van der Waals surface area contributed by atoms with Crippen LogP contribution >= 0.6 is 11.3 Å². The highest BCUT2D eigenvalue weighted by molar-refractivity contribution is 7.09. The maximum atomic E-state index is 13.2. The zero-order valence-corrected chi connectivity index (χ0v) is 23.2. The maximum Gasteiger partial charge on any atom is 0.255 e. The highest BCUT2D eigenvalue weighted by atomic mass is 32.1. The summed E-state index contributed by atoms with van der Waals surface area (Å²) in [5.74, 6) is -1.23. The monoisotopic (exact) mass is 543 g/mol. The van der Waals surface area contributed by atoms with Gasteiger partial charge in [-0.05, 0) is 37.8 Å². The molecule has 1 aromatic carbocycles. The Hall–Kier alpha value is -3.47. The second kappa shape index (κ2) is 13.9. The molecule has 4 amide bonds. The first kappa shape index (κ1) is 29.1. The van der Waals surface area contributed by atoms with E-state index >= 15 is 0 Å². The number of carbonyl (C=O) groups is 4. The molecule has 1 aromatic heterocycles. The fraction of sp³-hybridized carbons (Fsp3) is 0.519. The van der Waals surface area contributed by atoms with Gasteiger partial charge in [0.25, 0.3) is 5.91 Å². The molecule has 1 aliphatic rings. The lowest BCUT2D eigenvalue weighted by atomic mass is 10.0. The molecule has 38 heavy (non-hydrogen) atoms. The number of nitrogens with one attached hydrogen (secondary N) is 3. The third kappa shape index (κ3) is 8.54. The van der Waals surface area contributed by atoms with Crippen LogP contribution in [-0.4, -0.2) is 72.3 Å². The van der Waals surface area contributed by atoms with Crippen LogP contribution in [0.3, 0.4) is 0 Å². The molecule has 0 spiro atoms. The van der Waals surface area contributed by atoms with Gasteiger partial charge in [-0.3, -0.25) is 19.2 Å². The zero-order valence-electron chi connectivity index (χ0n) is 22.4. The minimum absolute atomic E-state index is 0.153. The van der Waals surface area contributed by atoms with Gasteiger partial charge in [-0.25, -0.2) is 4.98 Å². The van der Waals surface area contributed by atoms with Gasteiger partial charge >= 0.3 is 0 Å². The molecule has 0 radical (unpaired) electrons. The van der Waals surface area contributed by atoms with Gasteiger partial charge in [-0.15, -0.1) is 11.3 Å². The molecule has 0 aliphatic carbocycles. The van der Waals surface area contributed by atoms with Crippen LogP contribution in [0.2, 0.25) is 0 Å². The fourth-order valence-electron chi connectivity index (χ4n) is 4.12. The smallest absolute Gasteiger partial charge is 0.255 e. The maximum absolute atomic E-state index is 13.2. The van der Waals surface area contributed by atoms with E-state index in [0.29, 0.717) is 31.6 Å². The number of thiazole rings is 1. The van der Waals surface area contributed by atoms with Crippen LogP contribution < -0.4 is 20.7 Å². The first-order chi connectivity index (χ1) is 18.1. The van der Waals surface area contributed by atoms with Crippen molar-refractivity contribution < 1.29 is 23.9 Å². The van der Waals surface area contributed by atoms with Gasteiger partial charge in [0, 0.05) is 31.1 Å². The predicted molar refractivity (Wildman–Crippen MR) is 145 cm³/mol. The number of likely N-dealkylation sites (N-methyl/N-ethyl adjacent to an activating group) is 1. The number of hydrogen-bond acceptors (Lipinski definition) is 7. The number of rotatable bonds is 7. The van der Waals surface area contributed by atoms with Crippen molar-refractivity contribution in [3.05, 3.63) is 45.9 Å². The number of benzene rings is 1. The van der Waals surface area contributed by atoms with Crippen LogP contribution in [0.5, 0.6) is 5.75 Å². The Morgan fingerprint density at radius 3 is 2.71 bits per heavy atom. The Labute approximate surface area is 227 Å². The van der Waals surface area contributed by atoms with E-state index in [9.17, 15) is 19.2 Å². The highest BCUT2D eigenvalue weighted by Gasteiger charge is 2.30. The number of para-hydroxylation sites is 1. The summed E-state index contributed by atoms with van der Waals surface area (Å²) < 4.78 is 5.83. The van der Waals surface area contributed by atoms with Gasteiger partial charge in [-0.2, -0.15) is 0 Å². The first-order valence-corrected chi connectivity index (χ1v) is 13.8. The fourth-order valence-corrected chi connectivity index (χ4v) is 4.94. The topological polar surface area (TPSA) is 130 Å². The van der Waals surface area contributed by atoms with E-state index in [2.05, 4.69) is 20.9 Å². The van der Waals surface area contributed by atoms with E-state index in [-0.39, 0.29) is 37.0 Å². The van der Waals surface area contributed by atoms with Gasteiger partial charge in [0.05, 0.1) is 23.5 Å². The Kier molecular flexibility index (Phi) is 10.6. The summed E-state index contributed by atoms with van der Waals surface area (Å²) in [7, 11) is 1.65. The van der Waals surface area contributed by atoms with Crippen LogP contribution in [0.25, 0.3) is 0 Å². The van der Waals surface area contributed by atoms with Gasteiger partial charge < -0.3 is 25.6 Å². The highest BCUT2D eigenvalue weighted by Crippen LogP contribution is 2.19. The number of nitrogens with zero attached hydrogens (tertiary/aromatic N) is 2. The summed E-state index contributed by atoms with van der Waals surface area (Å²) in [6.07, 6.45) is 1.52. The average molecular weight is 544 g/mol. The van der Waals surface area contributed by atoms with Crippen molar-refractivity contribution in [2.75, 3.05) is 26.7 Å². The molecule has 206 valence electrons. The van der Waals surface area contributed by atoms with Gasteiger partial charge in [0.2, 0.25) is 17.7 Å². The Balaban J connectivity index is 1.77. The molecule has 0 saturated heterocycles. The van der Waals surface area contributed by atoms with E-state index in [0.717, 1.165) is 10.7 Å². The standard InChI is InChI=1S/C27H37N5O5S/c1-17(2)14-21-27(36)32(4)12-13-37-22-9-6-5-8-19(22)25(34)31-20(15-23(33)30-21)26(35)28-11-7-10-24-29-18(3)16-38-24/h5-6,8-9,16-17,20-21H,7,10-15H2,1-4H3,(H,28,35)(H,30,33)(H,31,34)/t20-,21-/m0/s1. The molecular weight excluding hydrogens is 506 g/mol. The van der Waals surface area contributed by atoms with Crippen molar-refractivity contribution in [2.45, 2.75) is 58.5 Å². The Bertz CT molecular complexity index is 1130. The zero-order chi connectivity index (χ0) is 27.7. The molecule has 3 rings (SSSR count). The summed E-state index contributed by atoms with van der Waals surface area (Å²) >= 11 is 1.57. The number of carbonyl (C=O) groups excluding carboxylic acids is 4. The second-order valence-corrected chi connectivity index (χ2v) is 10.8. The summed E-state index contributed by atoms with van der Waals surface area (Å²) in [4.78, 5) is 58.3. The second-order valence-electron chi connectivity index (χ2n) is 9.86. The van der Waals surface area contributed by atoms with Gasteiger partial charge in [-0.1, -0.05) is 26.0 Å². The van der Waals surface area contributed by atoms with E-state index < -0.39 is 29.8 Å². The van der Waals surface area contributed by atoms with Crippen molar-refractivity contribution in [1.82, 2.24) is 25.8 Å².